The van der Waals surface area contributed by atoms with Crippen LogP contribution in [0.2, 0.25) is 0 Å². The maximum Gasteiger partial charge on any atom is 0.226 e. The molecule has 25 heavy (non-hydrogen) atoms. The zero-order valence-electron chi connectivity index (χ0n) is 15.4. The minimum atomic E-state index is 0.0478. The molecule has 1 amide bonds. The van der Waals surface area contributed by atoms with Gasteiger partial charge >= 0.3 is 0 Å². The van der Waals surface area contributed by atoms with Gasteiger partial charge in [-0.3, -0.25) is 4.79 Å². The van der Waals surface area contributed by atoms with Crippen molar-refractivity contribution in [1.82, 2.24) is 4.90 Å². The van der Waals surface area contributed by atoms with Gasteiger partial charge in [0.25, 0.3) is 0 Å². The van der Waals surface area contributed by atoms with Crippen molar-refractivity contribution in [3.63, 3.8) is 0 Å². The van der Waals surface area contributed by atoms with Crippen molar-refractivity contribution in [2.45, 2.75) is 13.0 Å². The highest BCUT2D eigenvalue weighted by Gasteiger charge is 2.11. The molecule has 0 saturated heterocycles. The molecule has 0 spiro atoms. The van der Waals surface area contributed by atoms with Crippen LogP contribution in [0.25, 0.3) is 0 Å². The monoisotopic (exact) mass is 342 g/mol. The lowest BCUT2D eigenvalue weighted by atomic mass is 10.2. The fourth-order valence-electron chi connectivity index (χ4n) is 2.44. The van der Waals surface area contributed by atoms with Gasteiger partial charge in [-0.2, -0.15) is 0 Å². The van der Waals surface area contributed by atoms with Gasteiger partial charge in [0.1, 0.15) is 0 Å². The lowest BCUT2D eigenvalue weighted by molar-refractivity contribution is -0.130. The van der Waals surface area contributed by atoms with E-state index in [9.17, 15) is 4.79 Å². The molecule has 2 aromatic rings. The molecule has 0 N–H and O–H groups in total. The number of anilines is 1. The van der Waals surface area contributed by atoms with Crippen LogP contribution in [-0.4, -0.2) is 45.7 Å². The standard InChI is InChI=1S/C20H26N2O3/c1-21(2)17-11-9-16(10-12-17)15-22(3)20(23)13-14-25-19-8-6-5-7-18(19)24-4/h5-12H,13-15H2,1-4H3. The molecule has 0 aliphatic rings. The van der Waals surface area contributed by atoms with Crippen molar-refractivity contribution >= 4 is 11.6 Å². The first-order chi connectivity index (χ1) is 12.0. The van der Waals surface area contributed by atoms with Crippen molar-refractivity contribution in [1.29, 1.82) is 0 Å². The number of nitrogens with zero attached hydrogens (tertiary/aromatic N) is 2. The maximum absolute atomic E-state index is 12.3. The summed E-state index contributed by atoms with van der Waals surface area (Å²) in [6, 6.07) is 15.6. The van der Waals surface area contributed by atoms with E-state index in [1.807, 2.05) is 62.4 Å². The molecule has 134 valence electrons. The lowest BCUT2D eigenvalue weighted by Crippen LogP contribution is -2.27. The first-order valence-corrected chi connectivity index (χ1v) is 8.27. The van der Waals surface area contributed by atoms with Crippen LogP contribution in [0.1, 0.15) is 12.0 Å². The number of ether oxygens (including phenoxy) is 2. The van der Waals surface area contributed by atoms with Gasteiger partial charge in [0.05, 0.1) is 20.1 Å². The number of methoxy groups -OCH3 is 1. The molecule has 2 aromatic carbocycles. The van der Waals surface area contributed by atoms with Crippen LogP contribution in [0.15, 0.2) is 48.5 Å². The minimum Gasteiger partial charge on any atom is -0.493 e. The van der Waals surface area contributed by atoms with Crippen molar-refractivity contribution in [2.75, 3.05) is 39.8 Å². The SMILES string of the molecule is COc1ccccc1OCCC(=O)N(C)Cc1ccc(N(C)C)cc1. The fraction of sp³-hybridized carbons (Fsp3) is 0.350. The second-order valence-corrected chi connectivity index (χ2v) is 6.06. The molecule has 0 unspecified atom stereocenters. The van der Waals surface area contributed by atoms with Crippen LogP contribution >= 0.6 is 0 Å². The number of hydrogen-bond donors (Lipinski definition) is 0. The average molecular weight is 342 g/mol. The van der Waals surface area contributed by atoms with Gasteiger partial charge in [0.15, 0.2) is 11.5 Å². The van der Waals surface area contributed by atoms with Gasteiger partial charge in [0, 0.05) is 33.4 Å². The van der Waals surface area contributed by atoms with E-state index in [1.165, 1.54) is 0 Å². The van der Waals surface area contributed by atoms with Gasteiger partial charge in [-0.05, 0) is 29.8 Å². The van der Waals surface area contributed by atoms with E-state index in [0.717, 1.165) is 11.3 Å². The lowest BCUT2D eigenvalue weighted by Gasteiger charge is -2.19. The largest absolute Gasteiger partial charge is 0.493 e. The number of amides is 1. The highest BCUT2D eigenvalue weighted by molar-refractivity contribution is 5.76. The second-order valence-electron chi connectivity index (χ2n) is 6.06. The summed E-state index contributed by atoms with van der Waals surface area (Å²) in [6.07, 6.45) is 0.324. The summed E-state index contributed by atoms with van der Waals surface area (Å²) in [5.41, 5.74) is 2.25. The van der Waals surface area contributed by atoms with E-state index in [0.29, 0.717) is 31.1 Å². The topological polar surface area (TPSA) is 42.0 Å². The molecule has 0 atom stereocenters. The Morgan fingerprint density at radius 2 is 1.60 bits per heavy atom. The Morgan fingerprint density at radius 3 is 2.20 bits per heavy atom. The predicted molar refractivity (Wildman–Crippen MR) is 100 cm³/mol. The number of benzene rings is 2. The molecule has 0 aliphatic heterocycles. The summed E-state index contributed by atoms with van der Waals surface area (Å²) in [4.78, 5) is 16.0. The van der Waals surface area contributed by atoms with Crippen molar-refractivity contribution in [3.05, 3.63) is 54.1 Å². The third kappa shape index (κ3) is 5.41. The van der Waals surface area contributed by atoms with Crippen LogP contribution in [-0.2, 0) is 11.3 Å². The summed E-state index contributed by atoms with van der Waals surface area (Å²) in [5.74, 6) is 1.37. The van der Waals surface area contributed by atoms with Crippen LogP contribution in [0.5, 0.6) is 11.5 Å². The molecule has 5 nitrogen and oxygen atoms in total. The molecule has 0 bridgehead atoms. The Labute approximate surface area is 149 Å². The molecule has 5 heteroatoms. The molecular weight excluding hydrogens is 316 g/mol. The quantitative estimate of drug-likeness (QED) is 0.739. The number of carbonyl (C=O) groups excluding carboxylic acids is 1. The number of hydrogen-bond acceptors (Lipinski definition) is 4. The Morgan fingerprint density at radius 1 is 0.960 bits per heavy atom. The zero-order chi connectivity index (χ0) is 18.2. The predicted octanol–water partition coefficient (Wildman–Crippen LogP) is 3.19. The third-order valence-electron chi connectivity index (χ3n) is 3.94. The van der Waals surface area contributed by atoms with E-state index >= 15 is 0 Å². The normalized spacial score (nSPS) is 10.2. The first kappa shape index (κ1) is 18.6. The van der Waals surface area contributed by atoms with E-state index in [-0.39, 0.29) is 5.91 Å². The highest BCUT2D eigenvalue weighted by atomic mass is 16.5. The molecule has 0 aromatic heterocycles. The van der Waals surface area contributed by atoms with Crippen LogP contribution in [0.3, 0.4) is 0 Å². The molecule has 2 rings (SSSR count). The van der Waals surface area contributed by atoms with Crippen molar-refractivity contribution in [2.24, 2.45) is 0 Å². The molecule has 0 fully saturated rings. The van der Waals surface area contributed by atoms with Gasteiger partial charge in [-0.25, -0.2) is 0 Å². The van der Waals surface area contributed by atoms with Gasteiger partial charge in [-0.15, -0.1) is 0 Å². The highest BCUT2D eigenvalue weighted by Crippen LogP contribution is 2.25. The molecule has 0 aliphatic carbocycles. The average Bonchev–Trinajstić information content (AvgIpc) is 2.62. The summed E-state index contributed by atoms with van der Waals surface area (Å²) >= 11 is 0. The zero-order valence-corrected chi connectivity index (χ0v) is 15.4. The summed E-state index contributed by atoms with van der Waals surface area (Å²) in [7, 11) is 7.42. The summed E-state index contributed by atoms with van der Waals surface area (Å²) < 4.78 is 10.9. The number of carbonyl (C=O) groups is 1. The van der Waals surface area contributed by atoms with Crippen LogP contribution in [0, 0.1) is 0 Å². The fourth-order valence-corrected chi connectivity index (χ4v) is 2.44. The summed E-state index contributed by atoms with van der Waals surface area (Å²) in [6.45, 7) is 0.907. The molecule has 0 saturated carbocycles. The molecule has 0 radical (unpaired) electrons. The van der Waals surface area contributed by atoms with E-state index in [1.54, 1.807) is 12.0 Å². The third-order valence-corrected chi connectivity index (χ3v) is 3.94. The Bertz CT molecular complexity index is 684. The molecular formula is C20H26N2O3. The number of para-hydroxylation sites is 2. The smallest absolute Gasteiger partial charge is 0.226 e. The van der Waals surface area contributed by atoms with Crippen molar-refractivity contribution < 1.29 is 14.3 Å². The second kappa shape index (κ2) is 8.97. The number of rotatable bonds is 8. The van der Waals surface area contributed by atoms with Gasteiger partial charge < -0.3 is 19.3 Å². The van der Waals surface area contributed by atoms with E-state index in [2.05, 4.69) is 12.1 Å². The Hall–Kier alpha value is -2.69. The Kier molecular flexibility index (Phi) is 6.69. The minimum absolute atomic E-state index is 0.0478. The van der Waals surface area contributed by atoms with Crippen LogP contribution < -0.4 is 14.4 Å². The summed E-state index contributed by atoms with van der Waals surface area (Å²) in [5, 5.41) is 0. The molecule has 0 heterocycles. The maximum atomic E-state index is 12.3. The van der Waals surface area contributed by atoms with Crippen molar-refractivity contribution in [3.8, 4) is 11.5 Å². The first-order valence-electron chi connectivity index (χ1n) is 8.27. The Balaban J connectivity index is 1.82. The van der Waals surface area contributed by atoms with Gasteiger partial charge in [-0.1, -0.05) is 24.3 Å². The van der Waals surface area contributed by atoms with E-state index < -0.39 is 0 Å². The van der Waals surface area contributed by atoms with Gasteiger partial charge in [0.2, 0.25) is 5.91 Å². The van der Waals surface area contributed by atoms with Crippen LogP contribution in [0.4, 0.5) is 5.69 Å². The van der Waals surface area contributed by atoms with E-state index in [4.69, 9.17) is 9.47 Å².